The van der Waals surface area contributed by atoms with Crippen LogP contribution in [0.5, 0.6) is 23.0 Å². The number of rotatable bonds is 13. The Morgan fingerprint density at radius 2 is 1.24 bits per heavy atom. The summed E-state index contributed by atoms with van der Waals surface area (Å²) < 4.78 is 11.4. The van der Waals surface area contributed by atoms with Crippen molar-refractivity contribution in [2.75, 3.05) is 13.1 Å². The van der Waals surface area contributed by atoms with Gasteiger partial charge < -0.3 is 31.2 Å². The molecule has 49 heavy (non-hydrogen) atoms. The first kappa shape index (κ1) is 34.4. The van der Waals surface area contributed by atoms with Crippen molar-refractivity contribution in [1.29, 1.82) is 0 Å². The summed E-state index contributed by atoms with van der Waals surface area (Å²) in [5.41, 5.74) is 13.0. The van der Waals surface area contributed by atoms with Crippen molar-refractivity contribution in [3.05, 3.63) is 130 Å². The Balaban J connectivity index is 1.74. The number of carbonyl (C=O) groups excluding carboxylic acids is 4. The van der Waals surface area contributed by atoms with E-state index in [1.54, 1.807) is 54.6 Å². The molecule has 2 amide bonds. The highest BCUT2D eigenvalue weighted by molar-refractivity contribution is 6.01. The predicted octanol–water partition coefficient (Wildman–Crippen LogP) is 4.31. The molecule has 11 nitrogen and oxygen atoms in total. The summed E-state index contributed by atoms with van der Waals surface area (Å²) in [7, 11) is 0. The number of fused-ring (bicyclic) bond motifs is 1. The average Bonchev–Trinajstić information content (AvgIpc) is 3.08. The monoisotopic (exact) mass is 663 g/mol. The van der Waals surface area contributed by atoms with Gasteiger partial charge in [0.1, 0.15) is 11.5 Å². The van der Waals surface area contributed by atoms with Crippen molar-refractivity contribution in [2.45, 2.75) is 38.1 Å². The number of hydrogen-bond acceptors (Lipinski definition) is 9. The van der Waals surface area contributed by atoms with E-state index in [0.717, 1.165) is 17.7 Å². The van der Waals surface area contributed by atoms with E-state index in [2.05, 4.69) is 4.90 Å². The number of aromatic hydroxyl groups is 2. The molecule has 1 aliphatic rings. The molecule has 0 radical (unpaired) electrons. The lowest BCUT2D eigenvalue weighted by Gasteiger charge is -2.45. The van der Waals surface area contributed by atoms with Crippen LogP contribution in [0.3, 0.4) is 0 Å². The lowest BCUT2D eigenvalue weighted by Crippen LogP contribution is -2.50. The van der Waals surface area contributed by atoms with E-state index < -0.39 is 29.3 Å². The van der Waals surface area contributed by atoms with Gasteiger partial charge in [-0.25, -0.2) is 9.59 Å². The molecule has 0 saturated carbocycles. The molecule has 0 spiro atoms. The third-order valence-electron chi connectivity index (χ3n) is 8.85. The number of phenols is 2. The molecule has 0 unspecified atom stereocenters. The van der Waals surface area contributed by atoms with Crippen LogP contribution in [0.1, 0.15) is 56.3 Å². The predicted molar refractivity (Wildman–Crippen MR) is 181 cm³/mol. The Labute approximate surface area is 283 Å². The van der Waals surface area contributed by atoms with Gasteiger partial charge in [0.25, 0.3) is 5.91 Å². The summed E-state index contributed by atoms with van der Waals surface area (Å²) in [5.74, 6) is -3.36. The van der Waals surface area contributed by atoms with Crippen molar-refractivity contribution < 1.29 is 38.9 Å². The average molecular weight is 664 g/mol. The molecule has 4 aromatic carbocycles. The lowest BCUT2D eigenvalue weighted by molar-refractivity contribution is -0.133. The number of nitrogens with zero attached hydrogens (tertiary/aromatic N) is 1. The van der Waals surface area contributed by atoms with E-state index in [1.165, 1.54) is 6.07 Å². The highest BCUT2D eigenvalue weighted by Crippen LogP contribution is 2.47. The number of amides is 2. The minimum absolute atomic E-state index is 0.135. The zero-order valence-corrected chi connectivity index (χ0v) is 26.9. The number of nitrogens with two attached hydrogens (primary N) is 2. The normalized spacial score (nSPS) is 14.5. The summed E-state index contributed by atoms with van der Waals surface area (Å²) in [5, 5.41) is 21.3. The third kappa shape index (κ3) is 7.63. The van der Waals surface area contributed by atoms with Gasteiger partial charge in [-0.05, 0) is 72.7 Å². The largest absolute Gasteiger partial charge is 0.508 e. The van der Waals surface area contributed by atoms with E-state index >= 15 is 0 Å². The molecule has 6 N–H and O–H groups in total. The Hall–Kier alpha value is -5.94. The molecule has 0 saturated heterocycles. The maximum absolute atomic E-state index is 13.0. The van der Waals surface area contributed by atoms with Crippen LogP contribution in [0.4, 0.5) is 0 Å². The highest BCUT2D eigenvalue weighted by Gasteiger charge is 2.42. The zero-order valence-electron chi connectivity index (χ0n) is 26.9. The molecule has 0 bridgehead atoms. The third-order valence-corrected chi connectivity index (χ3v) is 8.85. The first-order valence-electron chi connectivity index (χ1n) is 15.8. The SMILES string of the molecule is CC[C@@](Cc1ccc(C(N)=O)cc1)(c1ccc(C(N)=O)c2c1OC(=O)/C=C/C(=O)O2)N(CCc1ccccc1O)CCc1ccccc1O. The highest BCUT2D eigenvalue weighted by atomic mass is 16.6. The van der Waals surface area contributed by atoms with Crippen LogP contribution < -0.4 is 20.9 Å². The minimum atomic E-state index is -1.04. The Morgan fingerprint density at radius 1 is 0.714 bits per heavy atom. The first-order chi connectivity index (χ1) is 23.5. The molecule has 252 valence electrons. The van der Waals surface area contributed by atoms with Crippen LogP contribution >= 0.6 is 0 Å². The van der Waals surface area contributed by atoms with Crippen LogP contribution in [0.2, 0.25) is 0 Å². The number of benzene rings is 4. The van der Waals surface area contributed by atoms with Gasteiger partial charge >= 0.3 is 11.9 Å². The second-order valence-electron chi connectivity index (χ2n) is 11.7. The number of esters is 2. The van der Waals surface area contributed by atoms with E-state index in [0.29, 0.717) is 54.6 Å². The number of hydrogen-bond donors (Lipinski definition) is 4. The summed E-state index contributed by atoms with van der Waals surface area (Å²) in [6.45, 7) is 2.70. The number of primary amides is 2. The quantitative estimate of drug-likeness (QED) is 0.120. The molecule has 0 fully saturated rings. The van der Waals surface area contributed by atoms with Gasteiger partial charge in [0.05, 0.1) is 11.1 Å². The number of carbonyl (C=O) groups is 4. The molecule has 0 aliphatic carbocycles. The van der Waals surface area contributed by atoms with Crippen molar-refractivity contribution in [3.8, 4) is 23.0 Å². The van der Waals surface area contributed by atoms with Gasteiger partial charge in [-0.15, -0.1) is 0 Å². The van der Waals surface area contributed by atoms with E-state index in [4.69, 9.17) is 20.9 Å². The standard InChI is InChI=1S/C38H37N3O8/c1-2-38(23-24-11-13-27(14-12-24)36(39)46,29-16-15-28(37(40)47)34-35(29)49-33(45)18-17-32(44)48-34)41(21-19-25-7-3-5-9-30(25)42)22-20-26-8-4-6-10-31(26)43/h3-18,42-43H,2,19-23H2,1H3,(H2,39,46)(H2,40,47)/b18-17+/t38-/m1/s1. The molecular weight excluding hydrogens is 626 g/mol. The van der Waals surface area contributed by atoms with Gasteiger partial charge in [0, 0.05) is 36.4 Å². The van der Waals surface area contributed by atoms with Crippen LogP contribution in [-0.4, -0.2) is 52.0 Å². The van der Waals surface area contributed by atoms with Crippen LogP contribution in [0.15, 0.2) is 97.1 Å². The summed E-state index contributed by atoms with van der Waals surface area (Å²) in [6.07, 6.45) is 3.35. The fourth-order valence-corrected chi connectivity index (χ4v) is 6.27. The zero-order chi connectivity index (χ0) is 35.1. The lowest BCUT2D eigenvalue weighted by atomic mass is 9.78. The van der Waals surface area contributed by atoms with Crippen LogP contribution in [-0.2, 0) is 34.4 Å². The molecule has 11 heteroatoms. The van der Waals surface area contributed by atoms with Crippen molar-refractivity contribution >= 4 is 23.8 Å². The van der Waals surface area contributed by atoms with Gasteiger partial charge in [-0.2, -0.15) is 0 Å². The molecule has 4 aromatic rings. The minimum Gasteiger partial charge on any atom is -0.508 e. The summed E-state index contributed by atoms with van der Waals surface area (Å²) in [4.78, 5) is 52.3. The molecule has 1 aliphatic heterocycles. The Morgan fingerprint density at radius 3 is 1.73 bits per heavy atom. The maximum Gasteiger partial charge on any atom is 0.336 e. The summed E-state index contributed by atoms with van der Waals surface area (Å²) >= 11 is 0. The van der Waals surface area contributed by atoms with Gasteiger partial charge in [0.15, 0.2) is 11.5 Å². The maximum atomic E-state index is 13.0. The fourth-order valence-electron chi connectivity index (χ4n) is 6.27. The topological polar surface area (TPSA) is 182 Å². The second kappa shape index (κ2) is 14.9. The second-order valence-corrected chi connectivity index (χ2v) is 11.7. The Kier molecular flexibility index (Phi) is 10.4. The molecule has 5 rings (SSSR count). The first-order valence-corrected chi connectivity index (χ1v) is 15.8. The van der Waals surface area contributed by atoms with Gasteiger partial charge in [-0.3, -0.25) is 14.5 Å². The molecule has 1 atom stereocenters. The van der Waals surface area contributed by atoms with Crippen LogP contribution in [0, 0.1) is 0 Å². The Bertz CT molecular complexity index is 1870. The number of para-hydroxylation sites is 2. The van der Waals surface area contributed by atoms with Gasteiger partial charge in [0.2, 0.25) is 5.91 Å². The van der Waals surface area contributed by atoms with E-state index in [9.17, 15) is 29.4 Å². The fraction of sp³-hybridized carbons (Fsp3) is 0.211. The number of phenolic OH excluding ortho intramolecular Hbond substituents is 2. The molecular formula is C38H37N3O8. The van der Waals surface area contributed by atoms with Crippen molar-refractivity contribution in [2.24, 2.45) is 11.5 Å². The van der Waals surface area contributed by atoms with E-state index in [-0.39, 0.29) is 35.0 Å². The molecule has 1 heterocycles. The number of ether oxygens (including phenoxy) is 2. The smallest absolute Gasteiger partial charge is 0.336 e. The van der Waals surface area contributed by atoms with Gasteiger partial charge in [-0.1, -0.05) is 61.5 Å². The van der Waals surface area contributed by atoms with Crippen molar-refractivity contribution in [1.82, 2.24) is 4.90 Å². The van der Waals surface area contributed by atoms with E-state index in [1.807, 2.05) is 31.2 Å². The van der Waals surface area contributed by atoms with Crippen LogP contribution in [0.25, 0.3) is 0 Å². The molecule has 0 aromatic heterocycles. The summed E-state index contributed by atoms with van der Waals surface area (Å²) in [6, 6.07) is 23.9. The van der Waals surface area contributed by atoms with Crippen molar-refractivity contribution in [3.63, 3.8) is 0 Å².